The Morgan fingerprint density at radius 1 is 0.815 bits per heavy atom. The first kappa shape index (κ1) is 18.2. The van der Waals surface area contributed by atoms with Crippen LogP contribution in [0.1, 0.15) is 15.9 Å². The number of sulfonamides is 1. The molecule has 0 saturated heterocycles. The van der Waals surface area contributed by atoms with Gasteiger partial charge in [0.05, 0.1) is 27.4 Å². The van der Waals surface area contributed by atoms with Crippen LogP contribution < -0.4 is 10.0 Å². The molecule has 0 saturated carbocycles. The third kappa shape index (κ3) is 4.14. The van der Waals surface area contributed by atoms with Crippen LogP contribution >= 0.6 is 0 Å². The Morgan fingerprint density at radius 2 is 1.41 bits per heavy atom. The quantitative estimate of drug-likeness (QED) is 0.709. The van der Waals surface area contributed by atoms with Gasteiger partial charge in [-0.2, -0.15) is 5.26 Å². The summed E-state index contributed by atoms with van der Waals surface area (Å²) in [4.78, 5) is 12.8. The molecule has 0 aliphatic carbocycles. The fourth-order valence-corrected chi connectivity index (χ4v) is 3.55. The molecule has 0 fully saturated rings. The smallest absolute Gasteiger partial charge is 0.261 e. The molecule has 2 N–H and O–H groups in total. The number of anilines is 2. The summed E-state index contributed by atoms with van der Waals surface area (Å²) < 4.78 is 27.5. The Labute approximate surface area is 157 Å². The Balaban J connectivity index is 1.90. The lowest BCUT2D eigenvalue weighted by atomic mass is 10.1. The number of nitrogens with one attached hydrogen (secondary N) is 2. The summed E-state index contributed by atoms with van der Waals surface area (Å²) in [6.07, 6.45) is 0. The van der Waals surface area contributed by atoms with E-state index >= 15 is 0 Å². The molecule has 0 heterocycles. The van der Waals surface area contributed by atoms with Gasteiger partial charge in [-0.3, -0.25) is 9.52 Å². The first-order chi connectivity index (χ1) is 13.0. The highest BCUT2D eigenvalue weighted by atomic mass is 32.2. The van der Waals surface area contributed by atoms with Crippen molar-refractivity contribution < 1.29 is 13.2 Å². The van der Waals surface area contributed by atoms with Crippen LogP contribution in [0.15, 0.2) is 83.8 Å². The van der Waals surface area contributed by atoms with E-state index in [2.05, 4.69) is 10.0 Å². The summed E-state index contributed by atoms with van der Waals surface area (Å²) in [5.41, 5.74) is 0.956. The number of carbonyl (C=O) groups excluding carboxylic acids is 1. The van der Waals surface area contributed by atoms with Gasteiger partial charge < -0.3 is 5.32 Å². The molecule has 0 spiro atoms. The summed E-state index contributed by atoms with van der Waals surface area (Å²) >= 11 is 0. The fourth-order valence-electron chi connectivity index (χ4n) is 2.45. The second kappa shape index (κ2) is 7.72. The highest BCUT2D eigenvalue weighted by molar-refractivity contribution is 7.92. The van der Waals surface area contributed by atoms with E-state index in [9.17, 15) is 13.2 Å². The van der Waals surface area contributed by atoms with Crippen LogP contribution in [0.2, 0.25) is 0 Å². The van der Waals surface area contributed by atoms with Gasteiger partial charge in [0.25, 0.3) is 15.9 Å². The number of nitriles is 1. The molecule has 3 rings (SSSR count). The molecule has 134 valence electrons. The van der Waals surface area contributed by atoms with E-state index in [0.29, 0.717) is 11.3 Å². The maximum absolute atomic E-state index is 12.7. The standard InChI is InChI=1S/C20H15N3O3S/c21-14-15-8-4-6-12-18(15)22-20(24)17-11-5-7-13-19(17)23-27(25,26)16-9-2-1-3-10-16/h1-13,23H,(H,22,24). The molecule has 7 heteroatoms. The van der Waals surface area contributed by atoms with Crippen molar-refractivity contribution >= 4 is 27.3 Å². The first-order valence-corrected chi connectivity index (χ1v) is 9.47. The minimum atomic E-state index is -3.84. The van der Waals surface area contributed by atoms with Crippen LogP contribution in [0, 0.1) is 11.3 Å². The van der Waals surface area contributed by atoms with Gasteiger partial charge in [0, 0.05) is 0 Å². The lowest BCUT2D eigenvalue weighted by Crippen LogP contribution is -2.19. The topological polar surface area (TPSA) is 99.1 Å². The van der Waals surface area contributed by atoms with Crippen molar-refractivity contribution in [3.63, 3.8) is 0 Å². The number of benzene rings is 3. The zero-order valence-corrected chi connectivity index (χ0v) is 14.9. The Morgan fingerprint density at radius 3 is 2.11 bits per heavy atom. The Kier molecular flexibility index (Phi) is 5.20. The van der Waals surface area contributed by atoms with Crippen molar-refractivity contribution in [1.29, 1.82) is 5.26 Å². The third-order valence-corrected chi connectivity index (χ3v) is 5.15. The van der Waals surface area contributed by atoms with Crippen LogP contribution in [0.3, 0.4) is 0 Å². The monoisotopic (exact) mass is 377 g/mol. The van der Waals surface area contributed by atoms with Crippen LogP contribution in [-0.4, -0.2) is 14.3 Å². The molecule has 0 aliphatic rings. The minimum absolute atomic E-state index is 0.0926. The van der Waals surface area contributed by atoms with E-state index in [1.54, 1.807) is 54.6 Å². The highest BCUT2D eigenvalue weighted by Gasteiger charge is 2.19. The van der Waals surface area contributed by atoms with Gasteiger partial charge in [0.2, 0.25) is 0 Å². The molecule has 27 heavy (non-hydrogen) atoms. The summed E-state index contributed by atoms with van der Waals surface area (Å²) in [6.45, 7) is 0. The largest absolute Gasteiger partial charge is 0.321 e. The van der Waals surface area contributed by atoms with Crippen molar-refractivity contribution in [3.8, 4) is 6.07 Å². The van der Waals surface area contributed by atoms with Crippen molar-refractivity contribution in [3.05, 3.63) is 90.0 Å². The van der Waals surface area contributed by atoms with E-state index in [1.165, 1.54) is 24.3 Å². The zero-order chi connectivity index (χ0) is 19.3. The molecule has 0 unspecified atom stereocenters. The molecule has 0 aliphatic heterocycles. The maximum atomic E-state index is 12.7. The van der Waals surface area contributed by atoms with Gasteiger partial charge in [0.1, 0.15) is 6.07 Å². The van der Waals surface area contributed by atoms with Gasteiger partial charge in [-0.1, -0.05) is 42.5 Å². The van der Waals surface area contributed by atoms with Crippen LogP contribution in [0.4, 0.5) is 11.4 Å². The molecule has 1 amide bonds. The molecule has 6 nitrogen and oxygen atoms in total. The number of para-hydroxylation sites is 2. The minimum Gasteiger partial charge on any atom is -0.321 e. The number of nitrogens with zero attached hydrogens (tertiary/aromatic N) is 1. The van der Waals surface area contributed by atoms with E-state index in [-0.39, 0.29) is 16.1 Å². The molecule has 0 atom stereocenters. The van der Waals surface area contributed by atoms with E-state index in [1.807, 2.05) is 6.07 Å². The number of hydrogen-bond donors (Lipinski definition) is 2. The molecule has 0 aromatic heterocycles. The average molecular weight is 377 g/mol. The zero-order valence-electron chi connectivity index (χ0n) is 14.1. The van der Waals surface area contributed by atoms with Crippen molar-refractivity contribution in [2.24, 2.45) is 0 Å². The van der Waals surface area contributed by atoms with Crippen molar-refractivity contribution in [1.82, 2.24) is 0 Å². The Hall–Kier alpha value is -3.63. The van der Waals surface area contributed by atoms with E-state index < -0.39 is 15.9 Å². The summed E-state index contributed by atoms with van der Waals surface area (Å²) in [5.74, 6) is -0.524. The molecular formula is C20H15N3O3S. The number of hydrogen-bond acceptors (Lipinski definition) is 4. The molecule has 0 radical (unpaired) electrons. The van der Waals surface area contributed by atoms with Crippen LogP contribution in [0.5, 0.6) is 0 Å². The predicted molar refractivity (Wildman–Crippen MR) is 103 cm³/mol. The van der Waals surface area contributed by atoms with Gasteiger partial charge >= 0.3 is 0 Å². The highest BCUT2D eigenvalue weighted by Crippen LogP contribution is 2.22. The lowest BCUT2D eigenvalue weighted by Gasteiger charge is -2.13. The Bertz CT molecular complexity index is 1120. The second-order valence-electron chi connectivity index (χ2n) is 5.58. The molecular weight excluding hydrogens is 362 g/mol. The lowest BCUT2D eigenvalue weighted by molar-refractivity contribution is 0.102. The summed E-state index contributed by atoms with van der Waals surface area (Å²) in [7, 11) is -3.84. The normalized spacial score (nSPS) is 10.6. The molecule has 0 bridgehead atoms. The van der Waals surface area contributed by atoms with Crippen molar-refractivity contribution in [2.45, 2.75) is 4.90 Å². The summed E-state index contributed by atoms with van der Waals surface area (Å²) in [6, 6.07) is 22.7. The van der Waals surface area contributed by atoms with E-state index in [0.717, 1.165) is 0 Å². The number of carbonyl (C=O) groups is 1. The third-order valence-electron chi connectivity index (χ3n) is 3.77. The van der Waals surface area contributed by atoms with Gasteiger partial charge in [-0.25, -0.2) is 8.42 Å². The van der Waals surface area contributed by atoms with Crippen molar-refractivity contribution in [2.75, 3.05) is 10.0 Å². The molecule has 3 aromatic carbocycles. The number of amides is 1. The average Bonchev–Trinajstić information content (AvgIpc) is 2.69. The second-order valence-corrected chi connectivity index (χ2v) is 7.26. The fraction of sp³-hybridized carbons (Fsp3) is 0. The van der Waals surface area contributed by atoms with Crippen LogP contribution in [-0.2, 0) is 10.0 Å². The van der Waals surface area contributed by atoms with E-state index in [4.69, 9.17) is 5.26 Å². The predicted octanol–water partition coefficient (Wildman–Crippen LogP) is 3.61. The molecule has 3 aromatic rings. The van der Waals surface area contributed by atoms with Gasteiger partial charge in [0.15, 0.2) is 0 Å². The van der Waals surface area contributed by atoms with Gasteiger partial charge in [-0.05, 0) is 36.4 Å². The van der Waals surface area contributed by atoms with Crippen LogP contribution in [0.25, 0.3) is 0 Å². The summed E-state index contributed by atoms with van der Waals surface area (Å²) in [5, 5.41) is 11.8. The SMILES string of the molecule is N#Cc1ccccc1NC(=O)c1ccccc1NS(=O)(=O)c1ccccc1. The number of rotatable bonds is 5. The van der Waals surface area contributed by atoms with Gasteiger partial charge in [-0.15, -0.1) is 0 Å². The first-order valence-electron chi connectivity index (χ1n) is 7.98. The maximum Gasteiger partial charge on any atom is 0.261 e.